The summed E-state index contributed by atoms with van der Waals surface area (Å²) in [4.78, 5) is 11.1. The Balaban J connectivity index is 1.40. The number of anilines is 1. The largest absolute Gasteiger partial charge is 0.366 e. The molecule has 0 amide bonds. The van der Waals surface area contributed by atoms with Crippen LogP contribution in [0.25, 0.3) is 5.78 Å². The zero-order valence-corrected chi connectivity index (χ0v) is 14.6. The van der Waals surface area contributed by atoms with Crippen LogP contribution in [0.1, 0.15) is 36.1 Å². The summed E-state index contributed by atoms with van der Waals surface area (Å²) in [7, 11) is 0. The maximum Gasteiger partial charge on any atom is 0.254 e. The molecule has 6 heteroatoms. The minimum absolute atomic E-state index is 0.624. The van der Waals surface area contributed by atoms with Crippen LogP contribution in [-0.2, 0) is 13.1 Å². The Morgan fingerprint density at radius 1 is 1.04 bits per heavy atom. The van der Waals surface area contributed by atoms with E-state index in [2.05, 4.69) is 49.5 Å². The zero-order chi connectivity index (χ0) is 17.1. The first-order valence-corrected chi connectivity index (χ1v) is 8.99. The molecule has 0 spiro atoms. The van der Waals surface area contributed by atoms with E-state index >= 15 is 0 Å². The van der Waals surface area contributed by atoms with Crippen LogP contribution in [0, 0.1) is 6.92 Å². The molecule has 2 aromatic heterocycles. The number of nitrogens with one attached hydrogen (secondary N) is 1. The van der Waals surface area contributed by atoms with Crippen molar-refractivity contribution in [1.82, 2.24) is 24.5 Å². The second kappa shape index (κ2) is 7.19. The smallest absolute Gasteiger partial charge is 0.254 e. The molecule has 0 atom stereocenters. The lowest BCUT2D eigenvalue weighted by Gasteiger charge is -2.26. The monoisotopic (exact) mass is 336 g/mol. The van der Waals surface area contributed by atoms with Crippen LogP contribution in [-0.4, -0.2) is 37.6 Å². The highest BCUT2D eigenvalue weighted by Crippen LogP contribution is 2.15. The minimum Gasteiger partial charge on any atom is -0.366 e. The molecule has 130 valence electrons. The fraction of sp³-hybridized carbons (Fsp3) is 0.421. The summed E-state index contributed by atoms with van der Waals surface area (Å²) in [6, 6.07) is 10.9. The summed E-state index contributed by atoms with van der Waals surface area (Å²) in [6.45, 7) is 6.26. The normalized spacial score (nSPS) is 15.6. The van der Waals surface area contributed by atoms with Gasteiger partial charge in [-0.05, 0) is 44.0 Å². The quantitative estimate of drug-likeness (QED) is 0.776. The van der Waals surface area contributed by atoms with Gasteiger partial charge in [-0.2, -0.15) is 14.6 Å². The highest BCUT2D eigenvalue weighted by Gasteiger charge is 2.10. The van der Waals surface area contributed by atoms with Gasteiger partial charge in [0, 0.05) is 24.8 Å². The Hall–Kier alpha value is -2.47. The lowest BCUT2D eigenvalue weighted by atomic mass is 10.1. The lowest BCUT2D eigenvalue weighted by Crippen LogP contribution is -2.29. The fourth-order valence-corrected chi connectivity index (χ4v) is 3.39. The van der Waals surface area contributed by atoms with Gasteiger partial charge in [-0.25, -0.2) is 4.98 Å². The molecule has 1 aromatic carbocycles. The Labute approximate surface area is 147 Å². The van der Waals surface area contributed by atoms with Gasteiger partial charge in [-0.1, -0.05) is 30.7 Å². The lowest BCUT2D eigenvalue weighted by molar-refractivity contribution is 0.221. The second-order valence-corrected chi connectivity index (χ2v) is 6.76. The average molecular weight is 336 g/mol. The van der Waals surface area contributed by atoms with Crippen LogP contribution in [0.2, 0.25) is 0 Å². The van der Waals surface area contributed by atoms with Crippen molar-refractivity contribution in [3.05, 3.63) is 53.5 Å². The minimum atomic E-state index is 0.624. The van der Waals surface area contributed by atoms with Crippen molar-refractivity contribution in [2.24, 2.45) is 0 Å². The molecular formula is C19H24N6. The van der Waals surface area contributed by atoms with Gasteiger partial charge >= 0.3 is 0 Å². The van der Waals surface area contributed by atoms with Crippen LogP contribution >= 0.6 is 0 Å². The molecule has 1 fully saturated rings. The van der Waals surface area contributed by atoms with Crippen molar-refractivity contribution in [3.8, 4) is 0 Å². The highest BCUT2D eigenvalue weighted by molar-refractivity contribution is 5.45. The van der Waals surface area contributed by atoms with E-state index in [0.29, 0.717) is 5.78 Å². The number of rotatable bonds is 5. The molecule has 6 nitrogen and oxygen atoms in total. The predicted octanol–water partition coefficient (Wildman–Crippen LogP) is 3.03. The van der Waals surface area contributed by atoms with E-state index in [1.54, 1.807) is 4.52 Å². The molecule has 0 unspecified atom stereocenters. The maximum atomic E-state index is 4.36. The zero-order valence-electron chi connectivity index (χ0n) is 14.6. The Bertz CT molecular complexity index is 833. The Morgan fingerprint density at radius 3 is 2.60 bits per heavy atom. The molecule has 0 aliphatic carbocycles. The molecule has 1 aliphatic heterocycles. The van der Waals surface area contributed by atoms with Gasteiger partial charge in [0.05, 0.1) is 0 Å². The van der Waals surface area contributed by atoms with E-state index in [-0.39, 0.29) is 0 Å². The van der Waals surface area contributed by atoms with Crippen LogP contribution in [0.3, 0.4) is 0 Å². The van der Waals surface area contributed by atoms with E-state index in [0.717, 1.165) is 24.6 Å². The third kappa shape index (κ3) is 3.79. The standard InChI is InChI=1S/C19H24N6/c1-15-11-18(25-19(23-15)21-14-22-25)20-12-16-5-7-17(8-6-16)13-24-9-3-2-4-10-24/h5-8,11,14,20H,2-4,9-10,12-13H2,1H3. The van der Waals surface area contributed by atoms with Gasteiger partial charge in [-0.15, -0.1) is 0 Å². The molecule has 25 heavy (non-hydrogen) atoms. The number of benzene rings is 1. The van der Waals surface area contributed by atoms with Gasteiger partial charge in [0.25, 0.3) is 5.78 Å². The SMILES string of the molecule is Cc1cc(NCc2ccc(CN3CCCCC3)cc2)n2ncnc2n1. The van der Waals surface area contributed by atoms with Gasteiger partial charge in [0.1, 0.15) is 12.1 Å². The number of aryl methyl sites for hydroxylation is 1. The van der Waals surface area contributed by atoms with Crippen LogP contribution in [0.4, 0.5) is 5.82 Å². The summed E-state index contributed by atoms with van der Waals surface area (Å²) in [5, 5.41) is 7.67. The van der Waals surface area contributed by atoms with Gasteiger partial charge in [-0.3, -0.25) is 4.90 Å². The van der Waals surface area contributed by atoms with E-state index in [1.807, 2.05) is 13.0 Å². The number of hydrogen-bond donors (Lipinski definition) is 1. The molecule has 0 bridgehead atoms. The second-order valence-electron chi connectivity index (χ2n) is 6.76. The Morgan fingerprint density at radius 2 is 1.80 bits per heavy atom. The molecular weight excluding hydrogens is 312 g/mol. The number of hydrogen-bond acceptors (Lipinski definition) is 5. The first-order chi connectivity index (χ1) is 12.3. The Kier molecular flexibility index (Phi) is 4.61. The van der Waals surface area contributed by atoms with E-state index in [4.69, 9.17) is 0 Å². The topological polar surface area (TPSA) is 58.4 Å². The van der Waals surface area contributed by atoms with E-state index in [9.17, 15) is 0 Å². The first kappa shape index (κ1) is 16.0. The van der Waals surface area contributed by atoms with Crippen molar-refractivity contribution in [3.63, 3.8) is 0 Å². The third-order valence-corrected chi connectivity index (χ3v) is 4.73. The van der Waals surface area contributed by atoms with Crippen molar-refractivity contribution in [1.29, 1.82) is 0 Å². The molecule has 1 N–H and O–H groups in total. The number of piperidine rings is 1. The van der Waals surface area contributed by atoms with Gasteiger partial charge in [0.15, 0.2) is 0 Å². The number of nitrogens with zero attached hydrogens (tertiary/aromatic N) is 5. The van der Waals surface area contributed by atoms with Crippen molar-refractivity contribution >= 4 is 11.6 Å². The van der Waals surface area contributed by atoms with Gasteiger partial charge in [0.2, 0.25) is 0 Å². The van der Waals surface area contributed by atoms with Crippen LogP contribution in [0.5, 0.6) is 0 Å². The summed E-state index contributed by atoms with van der Waals surface area (Å²) < 4.78 is 1.73. The number of fused-ring (bicyclic) bond motifs is 1. The summed E-state index contributed by atoms with van der Waals surface area (Å²) >= 11 is 0. The molecule has 0 saturated carbocycles. The van der Waals surface area contributed by atoms with Gasteiger partial charge < -0.3 is 5.32 Å². The number of likely N-dealkylation sites (tertiary alicyclic amines) is 1. The highest BCUT2D eigenvalue weighted by atomic mass is 15.3. The van der Waals surface area contributed by atoms with Crippen LogP contribution < -0.4 is 5.32 Å². The molecule has 1 saturated heterocycles. The van der Waals surface area contributed by atoms with Crippen molar-refractivity contribution in [2.45, 2.75) is 39.3 Å². The maximum absolute atomic E-state index is 4.36. The first-order valence-electron chi connectivity index (χ1n) is 8.99. The summed E-state index contributed by atoms with van der Waals surface area (Å²) in [5.74, 6) is 1.54. The molecule has 3 aromatic rings. The molecule has 3 heterocycles. The molecule has 1 aliphatic rings. The summed E-state index contributed by atoms with van der Waals surface area (Å²) in [6.07, 6.45) is 5.59. The van der Waals surface area contributed by atoms with Crippen LogP contribution in [0.15, 0.2) is 36.7 Å². The number of aromatic nitrogens is 4. The summed E-state index contributed by atoms with van der Waals surface area (Å²) in [5.41, 5.74) is 3.58. The van der Waals surface area contributed by atoms with E-state index in [1.165, 1.54) is 49.8 Å². The average Bonchev–Trinajstić information content (AvgIpc) is 3.10. The third-order valence-electron chi connectivity index (χ3n) is 4.73. The van der Waals surface area contributed by atoms with E-state index < -0.39 is 0 Å². The molecule has 0 radical (unpaired) electrons. The fourth-order valence-electron chi connectivity index (χ4n) is 3.39. The van der Waals surface area contributed by atoms with Crippen molar-refractivity contribution in [2.75, 3.05) is 18.4 Å². The predicted molar refractivity (Wildman–Crippen MR) is 98.4 cm³/mol. The molecule has 4 rings (SSSR count). The van der Waals surface area contributed by atoms with Crippen molar-refractivity contribution < 1.29 is 0 Å².